The van der Waals surface area contributed by atoms with Gasteiger partial charge in [-0.15, -0.1) is 10.2 Å². The minimum absolute atomic E-state index is 0.255. The van der Waals surface area contributed by atoms with E-state index in [0.717, 1.165) is 37.9 Å². The van der Waals surface area contributed by atoms with Gasteiger partial charge in [0.15, 0.2) is 0 Å². The van der Waals surface area contributed by atoms with Crippen molar-refractivity contribution in [1.82, 2.24) is 14.5 Å². The highest BCUT2D eigenvalue weighted by Gasteiger charge is 2.26. The number of unbranched alkanes of at least 4 members (excludes halogenated alkanes) is 2. The average Bonchev–Trinajstić information content (AvgIpc) is 3.18. The van der Waals surface area contributed by atoms with Crippen molar-refractivity contribution in [3.8, 4) is 17.5 Å². The quantitative estimate of drug-likeness (QED) is 0.487. The van der Waals surface area contributed by atoms with E-state index >= 15 is 0 Å². The summed E-state index contributed by atoms with van der Waals surface area (Å²) in [6.45, 7) is 1.14. The lowest BCUT2D eigenvalue weighted by molar-refractivity contribution is 0.346. The predicted molar refractivity (Wildman–Crippen MR) is 103 cm³/mol. The van der Waals surface area contributed by atoms with Crippen LogP contribution in [0.2, 0.25) is 0 Å². The third kappa shape index (κ3) is 5.09. The minimum Gasteiger partial charge on any atom is -0.411 e. The standard InChI is InChI=1S/C18H22N4O3S2/c19-10-3-1-6-13-26-18-21-20-17(25-18)15-8-7-9-16(14-15)27(23,24)22-11-4-2-5-12-22/h7-9,14H,1-6,11-13H2. The van der Waals surface area contributed by atoms with E-state index in [4.69, 9.17) is 9.68 Å². The van der Waals surface area contributed by atoms with Crippen molar-refractivity contribution in [2.45, 2.75) is 48.6 Å². The molecular formula is C18H22N4O3S2. The highest BCUT2D eigenvalue weighted by atomic mass is 32.2. The zero-order valence-electron chi connectivity index (χ0n) is 15.0. The van der Waals surface area contributed by atoms with Crippen molar-refractivity contribution in [2.75, 3.05) is 18.8 Å². The summed E-state index contributed by atoms with van der Waals surface area (Å²) in [4.78, 5) is 0.255. The number of aromatic nitrogens is 2. The minimum atomic E-state index is -3.50. The molecule has 1 aromatic carbocycles. The summed E-state index contributed by atoms with van der Waals surface area (Å²) in [5.41, 5.74) is 0.594. The van der Waals surface area contributed by atoms with Crippen LogP contribution in [0.3, 0.4) is 0 Å². The maximum atomic E-state index is 12.8. The van der Waals surface area contributed by atoms with Gasteiger partial charge in [-0.2, -0.15) is 9.57 Å². The number of piperidine rings is 1. The van der Waals surface area contributed by atoms with Gasteiger partial charge in [-0.3, -0.25) is 0 Å². The molecule has 0 unspecified atom stereocenters. The Bertz CT molecular complexity index is 899. The Balaban J connectivity index is 1.69. The summed E-state index contributed by atoms with van der Waals surface area (Å²) in [7, 11) is -3.50. The van der Waals surface area contributed by atoms with Crippen LogP contribution >= 0.6 is 11.8 Å². The fourth-order valence-corrected chi connectivity index (χ4v) is 5.22. The van der Waals surface area contributed by atoms with E-state index in [9.17, 15) is 8.42 Å². The molecule has 0 aliphatic carbocycles. The van der Waals surface area contributed by atoms with Gasteiger partial charge in [-0.1, -0.05) is 24.2 Å². The Morgan fingerprint density at radius 2 is 2.00 bits per heavy atom. The van der Waals surface area contributed by atoms with E-state index in [2.05, 4.69) is 16.3 Å². The third-order valence-corrected chi connectivity index (χ3v) is 7.15. The molecule has 1 aliphatic heterocycles. The number of hydrogen-bond donors (Lipinski definition) is 0. The topological polar surface area (TPSA) is 100 Å². The Labute approximate surface area is 163 Å². The molecule has 2 aromatic rings. The second-order valence-corrected chi connectivity index (χ2v) is 9.31. The van der Waals surface area contributed by atoms with Crippen LogP contribution in [-0.4, -0.2) is 41.8 Å². The van der Waals surface area contributed by atoms with Crippen LogP contribution in [0.25, 0.3) is 11.5 Å². The van der Waals surface area contributed by atoms with E-state index < -0.39 is 10.0 Å². The molecule has 1 aliphatic rings. The molecule has 0 spiro atoms. The molecule has 3 rings (SSSR count). The van der Waals surface area contributed by atoms with E-state index in [1.807, 2.05) is 0 Å². The smallest absolute Gasteiger partial charge is 0.276 e. The maximum Gasteiger partial charge on any atom is 0.276 e. The fourth-order valence-electron chi connectivity index (χ4n) is 2.89. The predicted octanol–water partition coefficient (Wildman–Crippen LogP) is 3.70. The molecule has 0 N–H and O–H groups in total. The van der Waals surface area contributed by atoms with E-state index in [1.165, 1.54) is 11.8 Å². The Morgan fingerprint density at radius 1 is 1.19 bits per heavy atom. The summed E-state index contributed by atoms with van der Waals surface area (Å²) < 4.78 is 32.9. The highest BCUT2D eigenvalue weighted by molar-refractivity contribution is 7.99. The lowest BCUT2D eigenvalue weighted by Crippen LogP contribution is -2.35. The number of nitrogens with zero attached hydrogens (tertiary/aromatic N) is 4. The summed E-state index contributed by atoms with van der Waals surface area (Å²) in [6, 6.07) is 8.79. The molecular weight excluding hydrogens is 384 g/mol. The van der Waals surface area contributed by atoms with Gasteiger partial charge in [0.2, 0.25) is 15.9 Å². The first-order valence-electron chi connectivity index (χ1n) is 9.05. The van der Waals surface area contributed by atoms with Gasteiger partial charge in [0, 0.05) is 30.8 Å². The normalized spacial score (nSPS) is 15.5. The molecule has 0 radical (unpaired) electrons. The van der Waals surface area contributed by atoms with Crippen LogP contribution in [-0.2, 0) is 10.0 Å². The number of thioether (sulfide) groups is 1. The molecule has 144 valence electrons. The largest absolute Gasteiger partial charge is 0.411 e. The van der Waals surface area contributed by atoms with E-state index in [-0.39, 0.29) is 4.90 Å². The van der Waals surface area contributed by atoms with Crippen molar-refractivity contribution >= 4 is 21.8 Å². The lowest BCUT2D eigenvalue weighted by atomic mass is 10.2. The second-order valence-electron chi connectivity index (χ2n) is 6.33. The van der Waals surface area contributed by atoms with Crippen molar-refractivity contribution in [2.24, 2.45) is 0 Å². The Morgan fingerprint density at radius 3 is 2.78 bits per heavy atom. The second kappa shape index (κ2) is 9.35. The molecule has 1 saturated heterocycles. The maximum absolute atomic E-state index is 12.8. The molecule has 0 atom stereocenters. The summed E-state index contributed by atoms with van der Waals surface area (Å²) in [5.74, 6) is 1.11. The third-order valence-electron chi connectivity index (χ3n) is 4.35. The molecule has 7 nitrogen and oxygen atoms in total. The summed E-state index contributed by atoms with van der Waals surface area (Å²) >= 11 is 1.44. The molecule has 1 fully saturated rings. The average molecular weight is 407 g/mol. The van der Waals surface area contributed by atoms with E-state index in [1.54, 1.807) is 28.6 Å². The number of nitriles is 1. The van der Waals surface area contributed by atoms with Gasteiger partial charge in [0.05, 0.1) is 11.0 Å². The number of rotatable bonds is 8. The number of sulfonamides is 1. The van der Waals surface area contributed by atoms with Crippen molar-refractivity contribution in [1.29, 1.82) is 5.26 Å². The summed E-state index contributed by atoms with van der Waals surface area (Å²) in [6.07, 6.45) is 5.17. The van der Waals surface area contributed by atoms with Gasteiger partial charge in [-0.05, 0) is 43.9 Å². The van der Waals surface area contributed by atoms with Crippen LogP contribution in [0.4, 0.5) is 0 Å². The van der Waals surface area contributed by atoms with E-state index in [0.29, 0.717) is 36.2 Å². The van der Waals surface area contributed by atoms with Crippen LogP contribution in [0.15, 0.2) is 38.8 Å². The van der Waals surface area contributed by atoms with Crippen molar-refractivity contribution in [3.63, 3.8) is 0 Å². The summed E-state index contributed by atoms with van der Waals surface area (Å²) in [5, 5.41) is 17.0. The highest BCUT2D eigenvalue weighted by Crippen LogP contribution is 2.27. The lowest BCUT2D eigenvalue weighted by Gasteiger charge is -2.25. The van der Waals surface area contributed by atoms with Crippen LogP contribution in [0.1, 0.15) is 38.5 Å². The van der Waals surface area contributed by atoms with Crippen molar-refractivity contribution in [3.05, 3.63) is 24.3 Å². The van der Waals surface area contributed by atoms with Crippen LogP contribution in [0.5, 0.6) is 0 Å². The molecule has 0 saturated carbocycles. The zero-order valence-corrected chi connectivity index (χ0v) is 16.6. The Kier molecular flexibility index (Phi) is 6.88. The fraction of sp³-hybridized carbons (Fsp3) is 0.500. The Hall–Kier alpha value is -1.89. The monoisotopic (exact) mass is 406 g/mol. The molecule has 0 amide bonds. The SMILES string of the molecule is N#CCCCCSc1nnc(-c2cccc(S(=O)(=O)N3CCCCC3)c2)o1. The van der Waals surface area contributed by atoms with Crippen molar-refractivity contribution < 1.29 is 12.8 Å². The van der Waals surface area contributed by atoms with Gasteiger partial charge in [-0.25, -0.2) is 8.42 Å². The van der Waals surface area contributed by atoms with Gasteiger partial charge in [0.1, 0.15) is 0 Å². The van der Waals surface area contributed by atoms with Gasteiger partial charge < -0.3 is 4.42 Å². The van der Waals surface area contributed by atoms with Crippen LogP contribution < -0.4 is 0 Å². The zero-order chi connectivity index (χ0) is 19.1. The van der Waals surface area contributed by atoms with Crippen LogP contribution in [0, 0.1) is 11.3 Å². The molecule has 0 bridgehead atoms. The molecule has 2 heterocycles. The molecule has 1 aromatic heterocycles. The van der Waals surface area contributed by atoms with Gasteiger partial charge >= 0.3 is 0 Å². The first-order chi connectivity index (χ1) is 13.1. The molecule has 27 heavy (non-hydrogen) atoms. The first kappa shape index (κ1) is 19.9. The van der Waals surface area contributed by atoms with Gasteiger partial charge in [0.25, 0.3) is 5.22 Å². The first-order valence-corrected chi connectivity index (χ1v) is 11.5. The number of hydrogen-bond acceptors (Lipinski definition) is 7. The molecule has 9 heteroatoms. The number of benzene rings is 1.